The minimum atomic E-state index is -0.0915. The third-order valence-corrected chi connectivity index (χ3v) is 6.05. The third kappa shape index (κ3) is 4.26. The van der Waals surface area contributed by atoms with E-state index in [1.165, 1.54) is 37.7 Å². The summed E-state index contributed by atoms with van der Waals surface area (Å²) < 4.78 is 0. The van der Waals surface area contributed by atoms with Gasteiger partial charge in [-0.1, -0.05) is 56.5 Å². The summed E-state index contributed by atoms with van der Waals surface area (Å²) in [6.45, 7) is 2.13. The minimum Gasteiger partial charge on any atom is -0.357 e. The van der Waals surface area contributed by atoms with Crippen LogP contribution in [0.5, 0.6) is 0 Å². The molecule has 1 N–H and O–H groups in total. The van der Waals surface area contributed by atoms with E-state index in [4.69, 9.17) is 4.98 Å². The Bertz CT molecular complexity index is 991. The first-order valence-electron chi connectivity index (χ1n) is 10.7. The molecule has 150 valence electrons. The van der Waals surface area contributed by atoms with Crippen molar-refractivity contribution in [1.29, 1.82) is 0 Å². The van der Waals surface area contributed by atoms with Crippen LogP contribution >= 0.6 is 0 Å². The lowest BCUT2D eigenvalue weighted by molar-refractivity contribution is 0.102. The minimum absolute atomic E-state index is 0.0915. The lowest BCUT2D eigenvalue weighted by Crippen LogP contribution is -2.34. The molecule has 0 aliphatic heterocycles. The van der Waals surface area contributed by atoms with Crippen LogP contribution in [0.15, 0.2) is 54.6 Å². The van der Waals surface area contributed by atoms with Crippen molar-refractivity contribution in [3.63, 3.8) is 0 Å². The number of para-hydroxylation sites is 1. The fourth-order valence-corrected chi connectivity index (χ4v) is 4.21. The summed E-state index contributed by atoms with van der Waals surface area (Å²) in [7, 11) is 2.11. The monoisotopic (exact) mass is 387 g/mol. The van der Waals surface area contributed by atoms with Crippen LogP contribution in [0.2, 0.25) is 0 Å². The van der Waals surface area contributed by atoms with Gasteiger partial charge in [0.1, 0.15) is 5.82 Å². The molecule has 0 atom stereocenters. The zero-order chi connectivity index (χ0) is 20.2. The second kappa shape index (κ2) is 8.64. The molecule has 1 aromatic heterocycles. The smallest absolute Gasteiger partial charge is 0.256 e. The van der Waals surface area contributed by atoms with Gasteiger partial charge in [0, 0.05) is 24.2 Å². The summed E-state index contributed by atoms with van der Waals surface area (Å²) in [6.07, 6.45) is 7.22. The highest BCUT2D eigenvalue weighted by molar-refractivity contribution is 6.13. The normalized spacial score (nSPS) is 14.7. The topological polar surface area (TPSA) is 45.2 Å². The van der Waals surface area contributed by atoms with Gasteiger partial charge in [0.25, 0.3) is 5.91 Å². The van der Waals surface area contributed by atoms with E-state index in [1.807, 2.05) is 42.5 Å². The van der Waals surface area contributed by atoms with E-state index in [-0.39, 0.29) is 5.91 Å². The van der Waals surface area contributed by atoms with Crippen molar-refractivity contribution in [1.82, 2.24) is 4.98 Å². The summed E-state index contributed by atoms with van der Waals surface area (Å²) in [4.78, 5) is 20.3. The van der Waals surface area contributed by atoms with Gasteiger partial charge in [0.05, 0.1) is 11.1 Å². The molecule has 1 heterocycles. The number of anilines is 2. The van der Waals surface area contributed by atoms with Crippen molar-refractivity contribution in [3.05, 3.63) is 65.7 Å². The van der Waals surface area contributed by atoms with Gasteiger partial charge >= 0.3 is 0 Å². The van der Waals surface area contributed by atoms with E-state index < -0.39 is 0 Å². The molecule has 0 radical (unpaired) electrons. The maximum absolute atomic E-state index is 13.2. The van der Waals surface area contributed by atoms with Crippen molar-refractivity contribution in [2.24, 2.45) is 0 Å². The number of carbonyl (C=O) groups is 1. The van der Waals surface area contributed by atoms with Crippen LogP contribution in [0.25, 0.3) is 10.9 Å². The Morgan fingerprint density at radius 2 is 1.79 bits per heavy atom. The molecule has 29 heavy (non-hydrogen) atoms. The molecule has 1 amide bonds. The first-order chi connectivity index (χ1) is 14.2. The van der Waals surface area contributed by atoms with Crippen molar-refractivity contribution >= 4 is 28.3 Å². The summed E-state index contributed by atoms with van der Waals surface area (Å²) in [6, 6.07) is 18.4. The van der Waals surface area contributed by atoms with Crippen LogP contribution in [-0.4, -0.2) is 24.0 Å². The second-order valence-corrected chi connectivity index (χ2v) is 7.95. The molecule has 1 aliphatic carbocycles. The van der Waals surface area contributed by atoms with Gasteiger partial charge in [-0.3, -0.25) is 4.79 Å². The number of aromatic nitrogens is 1. The Kier molecular flexibility index (Phi) is 5.79. The summed E-state index contributed by atoms with van der Waals surface area (Å²) in [5, 5.41) is 3.95. The largest absolute Gasteiger partial charge is 0.357 e. The molecule has 4 heteroatoms. The SMILES string of the molecule is CCc1ccc(NC(=O)c2cc(N(C)C3CCCCC3)nc3ccccc23)cc1. The van der Waals surface area contributed by atoms with Gasteiger partial charge in [-0.2, -0.15) is 0 Å². The number of carbonyl (C=O) groups excluding carboxylic acids is 1. The fraction of sp³-hybridized carbons (Fsp3) is 0.360. The van der Waals surface area contributed by atoms with Gasteiger partial charge in [-0.05, 0) is 49.1 Å². The summed E-state index contributed by atoms with van der Waals surface area (Å²) in [5.74, 6) is 0.785. The number of amides is 1. The molecule has 0 saturated heterocycles. The number of pyridine rings is 1. The predicted octanol–water partition coefficient (Wildman–Crippen LogP) is 5.82. The average molecular weight is 388 g/mol. The van der Waals surface area contributed by atoms with E-state index in [0.29, 0.717) is 11.6 Å². The van der Waals surface area contributed by atoms with E-state index in [2.05, 4.69) is 36.3 Å². The number of hydrogen-bond donors (Lipinski definition) is 1. The molecular formula is C25H29N3O. The van der Waals surface area contributed by atoms with Crippen LogP contribution < -0.4 is 10.2 Å². The Morgan fingerprint density at radius 3 is 2.52 bits per heavy atom. The zero-order valence-electron chi connectivity index (χ0n) is 17.3. The highest BCUT2D eigenvalue weighted by Gasteiger charge is 2.21. The number of nitrogens with one attached hydrogen (secondary N) is 1. The van der Waals surface area contributed by atoms with Gasteiger partial charge in [0.2, 0.25) is 0 Å². The first kappa shape index (κ1) is 19.4. The highest BCUT2D eigenvalue weighted by Crippen LogP contribution is 2.28. The van der Waals surface area contributed by atoms with E-state index in [1.54, 1.807) is 0 Å². The molecule has 3 aromatic rings. The summed E-state index contributed by atoms with van der Waals surface area (Å²) in [5.41, 5.74) is 3.61. The molecule has 4 nitrogen and oxygen atoms in total. The van der Waals surface area contributed by atoms with Gasteiger partial charge in [-0.15, -0.1) is 0 Å². The first-order valence-corrected chi connectivity index (χ1v) is 10.7. The van der Waals surface area contributed by atoms with E-state index in [0.717, 1.165) is 28.8 Å². The van der Waals surface area contributed by atoms with Crippen molar-refractivity contribution < 1.29 is 4.79 Å². The number of aryl methyl sites for hydroxylation is 1. The standard InChI is InChI=1S/C25H29N3O/c1-3-18-13-15-19(16-14-18)26-25(29)22-17-24(27-23-12-8-7-11-21(22)23)28(2)20-9-5-4-6-10-20/h7-8,11-17,20H,3-6,9-10H2,1-2H3,(H,26,29). The van der Waals surface area contributed by atoms with E-state index in [9.17, 15) is 4.79 Å². The van der Waals surface area contributed by atoms with Crippen molar-refractivity contribution in [2.75, 3.05) is 17.3 Å². The number of benzene rings is 2. The molecular weight excluding hydrogens is 358 g/mol. The van der Waals surface area contributed by atoms with Gasteiger partial charge in [-0.25, -0.2) is 4.98 Å². The Balaban J connectivity index is 1.67. The van der Waals surface area contributed by atoms with Crippen LogP contribution in [0.4, 0.5) is 11.5 Å². The molecule has 1 fully saturated rings. The number of nitrogens with zero attached hydrogens (tertiary/aromatic N) is 2. The lowest BCUT2D eigenvalue weighted by atomic mass is 9.94. The number of hydrogen-bond acceptors (Lipinski definition) is 3. The van der Waals surface area contributed by atoms with Crippen LogP contribution in [-0.2, 0) is 6.42 Å². The Hall–Kier alpha value is -2.88. The highest BCUT2D eigenvalue weighted by atomic mass is 16.1. The maximum Gasteiger partial charge on any atom is 0.256 e. The molecule has 0 bridgehead atoms. The molecule has 0 unspecified atom stereocenters. The fourth-order valence-electron chi connectivity index (χ4n) is 4.21. The van der Waals surface area contributed by atoms with E-state index >= 15 is 0 Å². The van der Waals surface area contributed by atoms with Crippen LogP contribution in [0.3, 0.4) is 0 Å². The predicted molar refractivity (Wildman–Crippen MR) is 121 cm³/mol. The zero-order valence-corrected chi connectivity index (χ0v) is 17.3. The van der Waals surface area contributed by atoms with Crippen molar-refractivity contribution in [3.8, 4) is 0 Å². The van der Waals surface area contributed by atoms with Crippen molar-refractivity contribution in [2.45, 2.75) is 51.5 Å². The summed E-state index contributed by atoms with van der Waals surface area (Å²) >= 11 is 0. The van der Waals surface area contributed by atoms with Crippen LogP contribution in [0.1, 0.15) is 54.9 Å². The Morgan fingerprint density at radius 1 is 1.07 bits per heavy atom. The second-order valence-electron chi connectivity index (χ2n) is 7.95. The molecule has 2 aromatic carbocycles. The van der Waals surface area contributed by atoms with Crippen LogP contribution in [0, 0.1) is 0 Å². The molecule has 1 aliphatic rings. The van der Waals surface area contributed by atoms with Gasteiger partial charge < -0.3 is 10.2 Å². The quantitative estimate of drug-likeness (QED) is 0.600. The Labute approximate surface area is 173 Å². The maximum atomic E-state index is 13.2. The third-order valence-electron chi connectivity index (χ3n) is 6.05. The molecule has 1 saturated carbocycles. The van der Waals surface area contributed by atoms with Gasteiger partial charge in [0.15, 0.2) is 0 Å². The molecule has 0 spiro atoms. The number of fused-ring (bicyclic) bond motifs is 1. The lowest BCUT2D eigenvalue weighted by Gasteiger charge is -2.32. The molecule has 4 rings (SSSR count). The number of rotatable bonds is 5. The average Bonchev–Trinajstić information content (AvgIpc) is 2.79.